The van der Waals surface area contributed by atoms with E-state index in [1.807, 2.05) is 30.3 Å². The van der Waals surface area contributed by atoms with Gasteiger partial charge in [-0.1, -0.05) is 69.0 Å². The molecule has 1 aliphatic heterocycles. The van der Waals surface area contributed by atoms with Crippen molar-refractivity contribution in [2.45, 2.75) is 83.0 Å². The van der Waals surface area contributed by atoms with Gasteiger partial charge >= 0.3 is 0 Å². The quantitative estimate of drug-likeness (QED) is 0.0469. The maximum atomic E-state index is 14.8. The molecule has 352 valence electrons. The van der Waals surface area contributed by atoms with Gasteiger partial charge in [0.25, 0.3) is 5.91 Å². The summed E-state index contributed by atoms with van der Waals surface area (Å²) in [4.78, 5) is 71.9. The Morgan fingerprint density at radius 2 is 1.45 bits per heavy atom. The Bertz CT molecular complexity index is 2370. The zero-order valence-electron chi connectivity index (χ0n) is 38.0. The number of carbonyl (C=O) groups excluding carboxylic acids is 5. The molecule has 0 saturated carbocycles. The smallest absolute Gasteiger partial charge is 0.252 e. The molecule has 4 bridgehead atoms. The Morgan fingerprint density at radius 3 is 2.14 bits per heavy atom. The van der Waals surface area contributed by atoms with Crippen molar-refractivity contribution in [3.05, 3.63) is 89.5 Å². The molecular weight excluding hydrogens is 843 g/mol. The molecule has 66 heavy (non-hydrogen) atoms. The fourth-order valence-corrected chi connectivity index (χ4v) is 7.85. The van der Waals surface area contributed by atoms with Crippen LogP contribution in [0.5, 0.6) is 17.2 Å². The number of fused-ring (bicyclic) bond motifs is 6. The standard InChI is InChI=1S/C49H63N9O8/c1-4-5-6-7-10-25-64-41-18-15-36(34-11-8-9-12-35(34)41)46(60)56-39(19-20-50)49(63)58(3)44-33-14-17-43(66-27-23-53)38(30-33)37-28-32(13-16-42(37)65-26-22-52)29-40(47(61)54-24-21-51)57-45(59)31(2)55-48(44)62/h8-9,11-18,28,30-31,39-40,44H,4-7,10,19-20,22-27,29,50,52-53H2,1-3H3,(H,54,61)(H,55,62)(H,56,60)(H,57,59)/t31-,39-,40-,44-/m0/s1. The Balaban J connectivity index is 1.55. The molecule has 0 aliphatic carbocycles. The fourth-order valence-electron chi connectivity index (χ4n) is 7.85. The minimum atomic E-state index is -1.39. The zero-order valence-corrected chi connectivity index (χ0v) is 38.0. The Hall–Kier alpha value is -6.74. The van der Waals surface area contributed by atoms with Crippen molar-refractivity contribution in [3.8, 4) is 34.4 Å². The third kappa shape index (κ3) is 13.0. The summed E-state index contributed by atoms with van der Waals surface area (Å²) in [7, 11) is 1.43. The van der Waals surface area contributed by atoms with Gasteiger partial charge in [-0.15, -0.1) is 0 Å². The van der Waals surface area contributed by atoms with Gasteiger partial charge < -0.3 is 57.6 Å². The molecule has 0 unspecified atom stereocenters. The summed E-state index contributed by atoms with van der Waals surface area (Å²) >= 11 is 0. The van der Waals surface area contributed by atoms with Crippen LogP contribution in [-0.2, 0) is 25.6 Å². The minimum Gasteiger partial charge on any atom is -0.493 e. The lowest BCUT2D eigenvalue weighted by Crippen LogP contribution is -2.56. The lowest BCUT2D eigenvalue weighted by Gasteiger charge is -2.32. The van der Waals surface area contributed by atoms with Gasteiger partial charge in [0.2, 0.25) is 23.6 Å². The highest BCUT2D eigenvalue weighted by Gasteiger charge is 2.36. The van der Waals surface area contributed by atoms with Gasteiger partial charge in [-0.25, -0.2) is 0 Å². The van der Waals surface area contributed by atoms with Gasteiger partial charge in [0.05, 0.1) is 12.7 Å². The highest BCUT2D eigenvalue weighted by Crippen LogP contribution is 2.40. The van der Waals surface area contributed by atoms with Crippen molar-refractivity contribution in [1.29, 1.82) is 5.26 Å². The highest BCUT2D eigenvalue weighted by atomic mass is 16.5. The van der Waals surface area contributed by atoms with Crippen LogP contribution < -0.4 is 52.7 Å². The van der Waals surface area contributed by atoms with Crippen LogP contribution in [-0.4, -0.2) is 106 Å². The lowest BCUT2D eigenvalue weighted by molar-refractivity contribution is -0.141. The summed E-state index contributed by atoms with van der Waals surface area (Å²) in [5.41, 5.74) is 20.0. The predicted molar refractivity (Wildman–Crippen MR) is 251 cm³/mol. The van der Waals surface area contributed by atoms with Crippen LogP contribution in [0.25, 0.3) is 21.9 Å². The van der Waals surface area contributed by atoms with Crippen LogP contribution >= 0.6 is 0 Å². The molecule has 0 aromatic heterocycles. The topological polar surface area (TPSA) is 266 Å². The van der Waals surface area contributed by atoms with Crippen LogP contribution in [0.15, 0.2) is 72.8 Å². The van der Waals surface area contributed by atoms with Crippen molar-refractivity contribution in [1.82, 2.24) is 26.2 Å². The number of nitrogens with zero attached hydrogens (tertiary/aromatic N) is 2. The number of benzene rings is 4. The first kappa shape index (κ1) is 50.3. The molecule has 5 rings (SSSR count). The molecule has 17 heteroatoms. The number of likely N-dealkylation sites (N-methyl/N-ethyl adjacent to an activating group) is 1. The second-order valence-electron chi connectivity index (χ2n) is 16.1. The van der Waals surface area contributed by atoms with Crippen molar-refractivity contribution in [2.24, 2.45) is 17.2 Å². The zero-order chi connectivity index (χ0) is 47.6. The number of carbonyl (C=O) groups is 5. The molecule has 0 saturated heterocycles. The molecule has 0 radical (unpaired) electrons. The second kappa shape index (κ2) is 25.1. The summed E-state index contributed by atoms with van der Waals surface area (Å²) < 4.78 is 18.4. The molecule has 4 aromatic carbocycles. The number of ether oxygens (including phenoxy) is 3. The van der Waals surface area contributed by atoms with E-state index in [-0.39, 0.29) is 52.2 Å². The molecule has 4 aromatic rings. The Labute approximate surface area is 386 Å². The number of unbranched alkanes of at least 4 members (excludes halogenated alkanes) is 4. The summed E-state index contributed by atoms with van der Waals surface area (Å²) in [6, 6.07) is 18.0. The summed E-state index contributed by atoms with van der Waals surface area (Å²) in [5, 5.41) is 21.4. The number of nitriles is 1. The Kier molecular flexibility index (Phi) is 19.1. The molecular formula is C49H63N9O8. The maximum Gasteiger partial charge on any atom is 0.252 e. The van der Waals surface area contributed by atoms with Crippen LogP contribution in [0.4, 0.5) is 0 Å². The van der Waals surface area contributed by atoms with Crippen LogP contribution in [0, 0.1) is 11.3 Å². The van der Waals surface area contributed by atoms with Gasteiger partial charge in [-0.05, 0) is 79.2 Å². The van der Waals surface area contributed by atoms with Crippen LogP contribution in [0.2, 0.25) is 0 Å². The van der Waals surface area contributed by atoms with Crippen LogP contribution in [0.1, 0.15) is 79.9 Å². The van der Waals surface area contributed by atoms with Gasteiger partial charge in [-0.3, -0.25) is 24.0 Å². The van der Waals surface area contributed by atoms with E-state index < -0.39 is 53.7 Å². The lowest BCUT2D eigenvalue weighted by atomic mass is 9.93. The molecule has 0 fully saturated rings. The van der Waals surface area contributed by atoms with Gasteiger partial charge in [0.15, 0.2) is 0 Å². The van der Waals surface area contributed by atoms with Crippen molar-refractivity contribution >= 4 is 40.3 Å². The first-order valence-electron chi connectivity index (χ1n) is 22.6. The largest absolute Gasteiger partial charge is 0.493 e. The number of hydrogen-bond acceptors (Lipinski definition) is 12. The first-order chi connectivity index (χ1) is 31.9. The molecule has 17 nitrogen and oxygen atoms in total. The summed E-state index contributed by atoms with van der Waals surface area (Å²) in [5.74, 6) is -1.77. The number of amides is 5. The second-order valence-corrected chi connectivity index (χ2v) is 16.1. The van der Waals surface area contributed by atoms with Crippen molar-refractivity contribution < 1.29 is 38.2 Å². The SMILES string of the molecule is CCCCCCCOc1ccc(C(=O)N[C@@H](CCN)C(=O)N(C)[C@@H]2C(=O)N[C@@H](C)C(=O)N[C@H](C(=O)NCC#N)Cc3ccc(OCCN)c(c3)-c3cc2ccc3OCCN)c2ccccc12. The average molecular weight is 906 g/mol. The monoisotopic (exact) mass is 905 g/mol. The normalized spacial score (nSPS) is 16.4. The van der Waals surface area contributed by atoms with E-state index in [0.717, 1.165) is 31.1 Å². The highest BCUT2D eigenvalue weighted by molar-refractivity contribution is 6.09. The summed E-state index contributed by atoms with van der Waals surface area (Å²) in [6.45, 7) is 4.57. The average Bonchev–Trinajstić information content (AvgIpc) is 3.32. The van der Waals surface area contributed by atoms with Gasteiger partial charge in [0, 0.05) is 48.6 Å². The van der Waals surface area contributed by atoms with E-state index in [1.165, 1.54) is 25.3 Å². The number of hydrogen-bond donors (Lipinski definition) is 7. The van der Waals surface area contributed by atoms with Crippen molar-refractivity contribution in [2.75, 3.05) is 53.0 Å². The molecule has 4 atom stereocenters. The molecule has 5 amide bonds. The molecule has 1 heterocycles. The molecule has 10 N–H and O–H groups in total. The minimum absolute atomic E-state index is 0.00748. The van der Waals surface area contributed by atoms with E-state index in [2.05, 4.69) is 28.2 Å². The van der Waals surface area contributed by atoms with Crippen molar-refractivity contribution in [3.63, 3.8) is 0 Å². The third-order valence-electron chi connectivity index (χ3n) is 11.2. The van der Waals surface area contributed by atoms with E-state index >= 15 is 0 Å². The number of nitrogens with two attached hydrogens (primary N) is 3. The first-order valence-corrected chi connectivity index (χ1v) is 22.6. The van der Waals surface area contributed by atoms with E-state index in [1.54, 1.807) is 48.5 Å². The molecule has 1 aliphatic rings. The predicted octanol–water partition coefficient (Wildman–Crippen LogP) is 3.36. The van der Waals surface area contributed by atoms with E-state index in [0.29, 0.717) is 57.1 Å². The Morgan fingerprint density at radius 1 is 0.803 bits per heavy atom. The maximum absolute atomic E-state index is 14.8. The number of rotatable bonds is 21. The van der Waals surface area contributed by atoms with E-state index in [4.69, 9.17) is 31.4 Å². The van der Waals surface area contributed by atoms with Gasteiger partial charge in [-0.2, -0.15) is 5.26 Å². The summed E-state index contributed by atoms with van der Waals surface area (Å²) in [6.07, 6.45) is 5.48. The number of nitrogens with one attached hydrogen (secondary N) is 4. The molecule has 0 spiro atoms. The fraction of sp³-hybridized carbons (Fsp3) is 0.429. The van der Waals surface area contributed by atoms with Crippen LogP contribution in [0.3, 0.4) is 0 Å². The van der Waals surface area contributed by atoms with E-state index in [9.17, 15) is 29.2 Å². The third-order valence-corrected chi connectivity index (χ3v) is 11.2. The van der Waals surface area contributed by atoms with Gasteiger partial charge in [0.1, 0.15) is 61.2 Å².